The normalized spacial score (nSPS) is 12.5. The monoisotopic (exact) mass is 207 g/mol. The average Bonchev–Trinajstić information content (AvgIpc) is 2.58. The number of rotatable bonds is 5. The molecule has 1 aromatic rings. The Kier molecular flexibility index (Phi) is 4.56. The van der Waals surface area contributed by atoms with Crippen LogP contribution < -0.4 is 5.32 Å². The Morgan fingerprint density at radius 2 is 2.33 bits per heavy atom. The van der Waals surface area contributed by atoms with E-state index in [0.717, 1.165) is 18.7 Å². The Labute approximate surface area is 92.2 Å². The fourth-order valence-electron chi connectivity index (χ4n) is 1.48. The van der Waals surface area contributed by atoms with E-state index in [1.165, 1.54) is 5.57 Å². The van der Waals surface area contributed by atoms with Crippen LogP contribution in [0, 0.1) is 0 Å². The van der Waals surface area contributed by atoms with Crippen molar-refractivity contribution >= 4 is 0 Å². The van der Waals surface area contributed by atoms with E-state index in [-0.39, 0.29) is 6.04 Å². The number of aryl methyl sites for hydroxylation is 1. The van der Waals surface area contributed by atoms with Crippen molar-refractivity contribution in [2.45, 2.75) is 33.2 Å². The molecule has 84 valence electrons. The zero-order chi connectivity index (χ0) is 11.3. The zero-order valence-corrected chi connectivity index (χ0v) is 10.1. The molecule has 1 aromatic heterocycles. The van der Waals surface area contributed by atoms with Gasteiger partial charge in [0.2, 0.25) is 0 Å². The topological polar surface area (TPSA) is 29.9 Å². The summed E-state index contributed by atoms with van der Waals surface area (Å²) in [5, 5.41) is 7.90. The number of aromatic nitrogens is 2. The molecule has 1 unspecified atom stereocenters. The number of nitrogens with one attached hydrogen (secondary N) is 1. The lowest BCUT2D eigenvalue weighted by molar-refractivity contribution is 0.586. The van der Waals surface area contributed by atoms with Crippen LogP contribution >= 0.6 is 0 Å². The number of allylic oxidation sites excluding steroid dienone is 1. The summed E-state index contributed by atoms with van der Waals surface area (Å²) in [4.78, 5) is 0. The molecule has 1 heterocycles. The summed E-state index contributed by atoms with van der Waals surface area (Å²) < 4.78 is 1.84. The quantitative estimate of drug-likeness (QED) is 0.751. The van der Waals surface area contributed by atoms with E-state index in [1.807, 2.05) is 17.9 Å². The average molecular weight is 207 g/mol. The van der Waals surface area contributed by atoms with E-state index in [4.69, 9.17) is 0 Å². The summed E-state index contributed by atoms with van der Waals surface area (Å²) in [5.74, 6) is 0. The Morgan fingerprint density at radius 3 is 2.80 bits per heavy atom. The number of hydrogen-bond acceptors (Lipinski definition) is 2. The molecule has 0 amide bonds. The Morgan fingerprint density at radius 1 is 1.60 bits per heavy atom. The molecule has 0 aliphatic rings. The first kappa shape index (κ1) is 12.0. The van der Waals surface area contributed by atoms with Crippen molar-refractivity contribution in [1.29, 1.82) is 0 Å². The Bertz CT molecular complexity index is 321. The van der Waals surface area contributed by atoms with Gasteiger partial charge in [-0.3, -0.25) is 4.68 Å². The lowest BCUT2D eigenvalue weighted by atomic mass is 10.1. The summed E-state index contributed by atoms with van der Waals surface area (Å²) in [6, 6.07) is 2.31. The summed E-state index contributed by atoms with van der Waals surface area (Å²) >= 11 is 0. The molecule has 0 spiro atoms. The number of nitrogens with zero attached hydrogens (tertiary/aromatic N) is 2. The van der Waals surface area contributed by atoms with Crippen molar-refractivity contribution in [1.82, 2.24) is 15.1 Å². The minimum Gasteiger partial charge on any atom is -0.305 e. The van der Waals surface area contributed by atoms with Gasteiger partial charge in [0.05, 0.1) is 11.7 Å². The lowest BCUT2D eigenvalue weighted by Crippen LogP contribution is -2.21. The molecule has 15 heavy (non-hydrogen) atoms. The summed E-state index contributed by atoms with van der Waals surface area (Å²) in [5.41, 5.74) is 2.40. The second-order valence-corrected chi connectivity index (χ2v) is 4.09. The molecule has 1 rings (SSSR count). The van der Waals surface area contributed by atoms with E-state index in [0.29, 0.717) is 0 Å². The van der Waals surface area contributed by atoms with Gasteiger partial charge in [0.25, 0.3) is 0 Å². The van der Waals surface area contributed by atoms with E-state index < -0.39 is 0 Å². The van der Waals surface area contributed by atoms with E-state index >= 15 is 0 Å². The van der Waals surface area contributed by atoms with Crippen LogP contribution in [0.2, 0.25) is 0 Å². The van der Waals surface area contributed by atoms with Crippen molar-refractivity contribution < 1.29 is 0 Å². The van der Waals surface area contributed by atoms with Gasteiger partial charge in [0.15, 0.2) is 0 Å². The van der Waals surface area contributed by atoms with Gasteiger partial charge in [0.1, 0.15) is 0 Å². The fourth-order valence-corrected chi connectivity index (χ4v) is 1.48. The van der Waals surface area contributed by atoms with Gasteiger partial charge in [-0.05, 0) is 32.9 Å². The predicted octanol–water partition coefficient (Wildman–Crippen LogP) is 2.43. The molecule has 3 heteroatoms. The van der Waals surface area contributed by atoms with Crippen LogP contribution in [0.4, 0.5) is 0 Å². The van der Waals surface area contributed by atoms with Crippen LogP contribution in [0.3, 0.4) is 0 Å². The molecule has 0 aliphatic carbocycles. The van der Waals surface area contributed by atoms with Gasteiger partial charge in [-0.25, -0.2) is 0 Å². The van der Waals surface area contributed by atoms with Crippen molar-refractivity contribution in [3.63, 3.8) is 0 Å². The minimum absolute atomic E-state index is 0.246. The first-order valence-electron chi connectivity index (χ1n) is 5.51. The molecule has 0 saturated heterocycles. The molecule has 3 nitrogen and oxygen atoms in total. The van der Waals surface area contributed by atoms with Crippen LogP contribution in [0.25, 0.3) is 0 Å². The molecule has 0 aromatic carbocycles. The van der Waals surface area contributed by atoms with Crippen LogP contribution in [-0.2, 0) is 7.05 Å². The van der Waals surface area contributed by atoms with Crippen LogP contribution in [0.5, 0.6) is 0 Å². The van der Waals surface area contributed by atoms with Crippen molar-refractivity contribution in [2.75, 3.05) is 6.54 Å². The highest BCUT2D eigenvalue weighted by molar-refractivity contribution is 5.15. The predicted molar refractivity (Wildman–Crippen MR) is 63.7 cm³/mol. The SMILES string of the molecule is CCCNC(C=C(C)C)c1ccn(C)n1. The van der Waals surface area contributed by atoms with E-state index in [2.05, 4.69) is 43.3 Å². The van der Waals surface area contributed by atoms with Gasteiger partial charge in [-0.15, -0.1) is 0 Å². The fraction of sp³-hybridized carbons (Fsp3) is 0.583. The maximum Gasteiger partial charge on any atom is 0.0833 e. The van der Waals surface area contributed by atoms with Crippen LogP contribution in [-0.4, -0.2) is 16.3 Å². The summed E-state index contributed by atoms with van der Waals surface area (Å²) in [6.45, 7) is 7.42. The zero-order valence-electron chi connectivity index (χ0n) is 10.1. The van der Waals surface area contributed by atoms with E-state index in [9.17, 15) is 0 Å². The molecular weight excluding hydrogens is 186 g/mol. The van der Waals surface area contributed by atoms with Crippen molar-refractivity contribution in [3.8, 4) is 0 Å². The highest BCUT2D eigenvalue weighted by Crippen LogP contribution is 2.13. The molecule has 0 saturated carbocycles. The first-order chi connectivity index (χ1) is 7.13. The van der Waals surface area contributed by atoms with Gasteiger partial charge < -0.3 is 5.32 Å². The van der Waals surface area contributed by atoms with Gasteiger partial charge in [-0.1, -0.05) is 18.6 Å². The van der Waals surface area contributed by atoms with Crippen molar-refractivity contribution in [3.05, 3.63) is 29.6 Å². The van der Waals surface area contributed by atoms with Crippen LogP contribution in [0.1, 0.15) is 38.9 Å². The van der Waals surface area contributed by atoms with Gasteiger partial charge in [0, 0.05) is 13.2 Å². The van der Waals surface area contributed by atoms with Crippen molar-refractivity contribution in [2.24, 2.45) is 7.05 Å². The number of hydrogen-bond donors (Lipinski definition) is 1. The molecule has 1 N–H and O–H groups in total. The third kappa shape index (κ3) is 3.88. The highest BCUT2D eigenvalue weighted by Gasteiger charge is 2.09. The minimum atomic E-state index is 0.246. The second-order valence-electron chi connectivity index (χ2n) is 4.09. The standard InChI is InChI=1S/C12H21N3/c1-5-7-13-12(9-10(2)3)11-6-8-15(4)14-11/h6,8-9,12-13H,5,7H2,1-4H3. The first-order valence-corrected chi connectivity index (χ1v) is 5.51. The van der Waals surface area contributed by atoms with E-state index in [1.54, 1.807) is 0 Å². The molecule has 0 aliphatic heterocycles. The maximum absolute atomic E-state index is 4.43. The second kappa shape index (κ2) is 5.71. The molecule has 0 radical (unpaired) electrons. The smallest absolute Gasteiger partial charge is 0.0833 e. The molecule has 0 fully saturated rings. The molecule has 0 bridgehead atoms. The Balaban J connectivity index is 2.76. The summed E-state index contributed by atoms with van der Waals surface area (Å²) in [7, 11) is 1.95. The molecular formula is C12H21N3. The third-order valence-corrected chi connectivity index (χ3v) is 2.17. The maximum atomic E-state index is 4.43. The third-order valence-electron chi connectivity index (χ3n) is 2.17. The highest BCUT2D eigenvalue weighted by atomic mass is 15.3. The van der Waals surface area contributed by atoms with Gasteiger partial charge >= 0.3 is 0 Å². The lowest BCUT2D eigenvalue weighted by Gasteiger charge is -2.12. The summed E-state index contributed by atoms with van der Waals surface area (Å²) in [6.07, 6.45) is 5.34. The van der Waals surface area contributed by atoms with Crippen LogP contribution in [0.15, 0.2) is 23.9 Å². The molecule has 1 atom stereocenters. The largest absolute Gasteiger partial charge is 0.305 e. The Hall–Kier alpha value is -1.09. The van der Waals surface area contributed by atoms with Gasteiger partial charge in [-0.2, -0.15) is 5.10 Å².